The number of rotatable bonds is 4. The molecule has 1 aromatic rings. The normalized spacial score (nSPS) is 13.8. The fourth-order valence-electron chi connectivity index (χ4n) is 1.51. The summed E-state index contributed by atoms with van der Waals surface area (Å²) in [6.07, 6.45) is 1.51. The van der Waals surface area contributed by atoms with Crippen molar-refractivity contribution >= 4 is 0 Å². The lowest BCUT2D eigenvalue weighted by Crippen LogP contribution is -2.23. The molecule has 1 N–H and O–H groups in total. The van der Waals surface area contributed by atoms with Crippen LogP contribution in [0.15, 0.2) is 12.3 Å². The van der Waals surface area contributed by atoms with Crippen molar-refractivity contribution in [3.05, 3.63) is 23.8 Å². The Morgan fingerprint density at radius 2 is 2.12 bits per heavy atom. The number of hydrogen-bond donors (Lipinski definition) is 1. The summed E-state index contributed by atoms with van der Waals surface area (Å²) in [5.74, 6) is 0.640. The van der Waals surface area contributed by atoms with Crippen LogP contribution in [0.2, 0.25) is 0 Å². The Balaban J connectivity index is 3.01. The van der Waals surface area contributed by atoms with Crippen LogP contribution < -0.4 is 0 Å². The lowest BCUT2D eigenvalue weighted by Gasteiger charge is -2.29. The van der Waals surface area contributed by atoms with Crippen molar-refractivity contribution in [2.24, 2.45) is 5.41 Å². The van der Waals surface area contributed by atoms with Crippen LogP contribution >= 0.6 is 0 Å². The number of aliphatic hydroxyl groups is 1. The first-order valence-electron chi connectivity index (χ1n) is 5.53. The maximum atomic E-state index is 9.05. The molecule has 0 saturated carbocycles. The predicted octanol–water partition coefficient (Wildman–Crippen LogP) is 2.09. The van der Waals surface area contributed by atoms with Crippen LogP contribution in [-0.4, -0.2) is 21.7 Å². The van der Waals surface area contributed by atoms with E-state index in [0.29, 0.717) is 18.1 Å². The van der Waals surface area contributed by atoms with Crippen molar-refractivity contribution in [1.29, 1.82) is 0 Å². The van der Waals surface area contributed by atoms with E-state index in [9.17, 15) is 0 Å². The van der Waals surface area contributed by atoms with E-state index in [1.165, 1.54) is 0 Å². The van der Waals surface area contributed by atoms with Crippen molar-refractivity contribution in [3.63, 3.8) is 0 Å². The van der Waals surface area contributed by atoms with Gasteiger partial charge >= 0.3 is 0 Å². The minimum Gasteiger partial charge on any atom is -0.390 e. The molecule has 0 bridgehead atoms. The summed E-state index contributed by atoms with van der Waals surface area (Å²) in [5, 5.41) is 9.05. The van der Waals surface area contributed by atoms with Gasteiger partial charge in [0, 0.05) is 12.8 Å². The summed E-state index contributed by atoms with van der Waals surface area (Å²) in [7, 11) is 0. The smallest absolute Gasteiger partial charge is 0.157 e. The highest BCUT2D eigenvalue weighted by Gasteiger charge is 2.29. The Hall–Kier alpha value is -1.00. The summed E-state index contributed by atoms with van der Waals surface area (Å²) >= 11 is 0. The Labute approximate surface area is 96.7 Å². The molecule has 4 heteroatoms. The van der Waals surface area contributed by atoms with Crippen molar-refractivity contribution < 1.29 is 9.84 Å². The number of nitrogens with zero attached hydrogens (tertiary/aromatic N) is 2. The van der Waals surface area contributed by atoms with E-state index in [1.807, 2.05) is 6.92 Å². The molecule has 0 radical (unpaired) electrons. The lowest BCUT2D eigenvalue weighted by molar-refractivity contribution is -0.0193. The van der Waals surface area contributed by atoms with Gasteiger partial charge in [0.15, 0.2) is 5.82 Å². The van der Waals surface area contributed by atoms with E-state index in [2.05, 4.69) is 30.7 Å². The topological polar surface area (TPSA) is 55.2 Å². The van der Waals surface area contributed by atoms with Crippen LogP contribution in [0.4, 0.5) is 0 Å². The van der Waals surface area contributed by atoms with Gasteiger partial charge in [0.1, 0.15) is 6.10 Å². The second-order valence-electron chi connectivity index (χ2n) is 4.77. The molecule has 1 rings (SSSR count). The van der Waals surface area contributed by atoms with E-state index in [4.69, 9.17) is 9.84 Å². The van der Waals surface area contributed by atoms with Gasteiger partial charge in [-0.3, -0.25) is 0 Å². The molecule has 1 atom stereocenters. The van der Waals surface area contributed by atoms with Crippen molar-refractivity contribution in [2.45, 2.75) is 40.4 Å². The quantitative estimate of drug-likeness (QED) is 0.850. The highest BCUT2D eigenvalue weighted by atomic mass is 16.5. The SMILES string of the molecule is CCOC(c1nccc(CO)n1)C(C)(C)C. The monoisotopic (exact) mass is 224 g/mol. The third kappa shape index (κ3) is 3.25. The molecule has 1 unspecified atom stereocenters. The largest absolute Gasteiger partial charge is 0.390 e. The molecule has 0 saturated heterocycles. The van der Waals surface area contributed by atoms with Gasteiger partial charge < -0.3 is 9.84 Å². The molecule has 0 aromatic carbocycles. The average Bonchev–Trinajstić information content (AvgIpc) is 2.24. The van der Waals surface area contributed by atoms with E-state index in [-0.39, 0.29) is 18.1 Å². The molecule has 0 spiro atoms. The molecule has 0 fully saturated rings. The van der Waals surface area contributed by atoms with Crippen LogP contribution in [0.5, 0.6) is 0 Å². The summed E-state index contributed by atoms with van der Waals surface area (Å²) in [4.78, 5) is 8.52. The van der Waals surface area contributed by atoms with Gasteiger partial charge in [-0.1, -0.05) is 20.8 Å². The van der Waals surface area contributed by atoms with Crippen LogP contribution in [0.1, 0.15) is 45.3 Å². The van der Waals surface area contributed by atoms with Crippen molar-refractivity contribution in [1.82, 2.24) is 9.97 Å². The zero-order valence-electron chi connectivity index (χ0n) is 10.4. The molecular weight excluding hydrogens is 204 g/mol. The number of hydrogen-bond acceptors (Lipinski definition) is 4. The first kappa shape index (κ1) is 13.1. The maximum absolute atomic E-state index is 9.05. The standard InChI is InChI=1S/C12H20N2O2/c1-5-16-10(12(2,3)4)11-13-7-6-9(8-15)14-11/h6-7,10,15H,5,8H2,1-4H3. The molecular formula is C12H20N2O2. The van der Waals surface area contributed by atoms with E-state index < -0.39 is 0 Å². The maximum Gasteiger partial charge on any atom is 0.157 e. The van der Waals surface area contributed by atoms with Crippen LogP contribution in [-0.2, 0) is 11.3 Å². The summed E-state index contributed by atoms with van der Waals surface area (Å²) in [6.45, 7) is 8.76. The van der Waals surface area contributed by atoms with Crippen molar-refractivity contribution in [2.75, 3.05) is 6.61 Å². The zero-order chi connectivity index (χ0) is 12.2. The lowest BCUT2D eigenvalue weighted by atomic mass is 9.88. The number of aliphatic hydroxyl groups excluding tert-OH is 1. The molecule has 0 aliphatic rings. The minimum absolute atomic E-state index is 0.0654. The van der Waals surface area contributed by atoms with Gasteiger partial charge in [-0.2, -0.15) is 0 Å². The number of aromatic nitrogens is 2. The van der Waals surface area contributed by atoms with Crippen LogP contribution in [0, 0.1) is 5.41 Å². The third-order valence-electron chi connectivity index (χ3n) is 2.25. The molecule has 90 valence electrons. The second-order valence-corrected chi connectivity index (χ2v) is 4.77. The summed E-state index contributed by atoms with van der Waals surface area (Å²) in [6, 6.07) is 1.70. The van der Waals surface area contributed by atoms with Crippen LogP contribution in [0.25, 0.3) is 0 Å². The molecule has 4 nitrogen and oxygen atoms in total. The molecule has 0 aliphatic carbocycles. The minimum atomic E-state index is -0.149. The Bertz CT molecular complexity index is 334. The fraction of sp³-hybridized carbons (Fsp3) is 0.667. The molecule has 1 aromatic heterocycles. The van der Waals surface area contributed by atoms with Crippen molar-refractivity contribution in [3.8, 4) is 0 Å². The Morgan fingerprint density at radius 1 is 1.44 bits per heavy atom. The predicted molar refractivity (Wildman–Crippen MR) is 61.8 cm³/mol. The highest BCUT2D eigenvalue weighted by Crippen LogP contribution is 2.33. The van der Waals surface area contributed by atoms with E-state index >= 15 is 0 Å². The summed E-state index contributed by atoms with van der Waals surface area (Å²) in [5.41, 5.74) is 0.559. The van der Waals surface area contributed by atoms with Crippen LogP contribution in [0.3, 0.4) is 0 Å². The average molecular weight is 224 g/mol. The molecule has 16 heavy (non-hydrogen) atoms. The fourth-order valence-corrected chi connectivity index (χ4v) is 1.51. The Morgan fingerprint density at radius 3 is 2.62 bits per heavy atom. The van der Waals surface area contributed by atoms with E-state index in [0.717, 1.165) is 0 Å². The summed E-state index contributed by atoms with van der Waals surface area (Å²) < 4.78 is 5.69. The van der Waals surface area contributed by atoms with E-state index in [1.54, 1.807) is 12.3 Å². The van der Waals surface area contributed by atoms with Gasteiger partial charge in [0.2, 0.25) is 0 Å². The van der Waals surface area contributed by atoms with Gasteiger partial charge in [-0.25, -0.2) is 9.97 Å². The van der Waals surface area contributed by atoms with Gasteiger partial charge in [-0.05, 0) is 18.4 Å². The molecule has 1 heterocycles. The Kier molecular flexibility index (Phi) is 4.38. The molecule has 0 aliphatic heterocycles. The second kappa shape index (κ2) is 5.37. The first-order chi connectivity index (χ1) is 7.49. The first-order valence-corrected chi connectivity index (χ1v) is 5.53. The third-order valence-corrected chi connectivity index (χ3v) is 2.25. The van der Waals surface area contributed by atoms with Gasteiger partial charge in [-0.15, -0.1) is 0 Å². The van der Waals surface area contributed by atoms with Gasteiger partial charge in [0.25, 0.3) is 0 Å². The number of ether oxygens (including phenoxy) is 1. The zero-order valence-corrected chi connectivity index (χ0v) is 10.4. The van der Waals surface area contributed by atoms with Gasteiger partial charge in [0.05, 0.1) is 12.3 Å². The highest BCUT2D eigenvalue weighted by molar-refractivity contribution is 5.05. The molecule has 0 amide bonds.